The summed E-state index contributed by atoms with van der Waals surface area (Å²) in [6.07, 6.45) is 1.82. The van der Waals surface area contributed by atoms with Crippen LogP contribution in [0.3, 0.4) is 0 Å². The van der Waals surface area contributed by atoms with Gasteiger partial charge in [0, 0.05) is 36.9 Å². The molecule has 0 aromatic heterocycles. The monoisotopic (exact) mass is 421 g/mol. The number of halogens is 1. The normalized spacial score (nSPS) is 15.6. The van der Waals surface area contributed by atoms with Gasteiger partial charge in [-0.1, -0.05) is 53.2 Å². The Balaban J connectivity index is 2.28. The molecule has 2 aromatic rings. The van der Waals surface area contributed by atoms with E-state index in [1.807, 2.05) is 39.0 Å². The molecule has 3 atom stereocenters. The first kappa shape index (κ1) is 20.2. The third-order valence-corrected chi connectivity index (χ3v) is 7.12. The zero-order chi connectivity index (χ0) is 18.6. The number of hydrogen-bond acceptors (Lipinski definition) is 2. The highest BCUT2D eigenvalue weighted by Gasteiger charge is 2.26. The van der Waals surface area contributed by atoms with Crippen LogP contribution < -0.4 is 5.73 Å². The quantitative estimate of drug-likeness (QED) is 0.591. The van der Waals surface area contributed by atoms with E-state index in [2.05, 4.69) is 53.2 Å². The molecule has 0 saturated heterocycles. The van der Waals surface area contributed by atoms with E-state index in [1.54, 1.807) is 0 Å². The maximum absolute atomic E-state index is 12.7. The molecule has 136 valence electrons. The second-order valence-electron chi connectivity index (χ2n) is 7.53. The molecule has 2 rings (SSSR count). The molecule has 0 spiro atoms. The van der Waals surface area contributed by atoms with Crippen molar-refractivity contribution in [2.45, 2.75) is 56.5 Å². The van der Waals surface area contributed by atoms with Gasteiger partial charge in [0.25, 0.3) is 0 Å². The fraction of sp³-hybridized carbons (Fsp3) is 0.429. The van der Waals surface area contributed by atoms with Gasteiger partial charge in [0.05, 0.1) is 0 Å². The van der Waals surface area contributed by atoms with Crippen LogP contribution in [-0.4, -0.2) is 14.2 Å². The van der Waals surface area contributed by atoms with Gasteiger partial charge in [0.1, 0.15) is 0 Å². The van der Waals surface area contributed by atoms with Crippen LogP contribution in [0, 0.1) is 0 Å². The molecule has 0 aliphatic carbocycles. The first-order valence-corrected chi connectivity index (χ1v) is 10.7. The fourth-order valence-corrected chi connectivity index (χ4v) is 5.08. The Bertz CT molecular complexity index is 724. The molecule has 0 fully saturated rings. The molecule has 3 unspecified atom stereocenters. The second kappa shape index (κ2) is 8.50. The summed E-state index contributed by atoms with van der Waals surface area (Å²) in [6, 6.07) is 16.5. The highest BCUT2D eigenvalue weighted by molar-refractivity contribution is 9.10. The van der Waals surface area contributed by atoms with Gasteiger partial charge in [0.2, 0.25) is 0 Å². The lowest BCUT2D eigenvalue weighted by atomic mass is 9.86. The Hall–Kier alpha value is -1.13. The molecular weight excluding hydrogens is 394 g/mol. The highest BCUT2D eigenvalue weighted by atomic mass is 79.9. The van der Waals surface area contributed by atoms with Gasteiger partial charge in [-0.05, 0) is 62.9 Å². The Kier molecular flexibility index (Phi) is 6.86. The van der Waals surface area contributed by atoms with Crippen molar-refractivity contribution in [3.8, 4) is 0 Å². The van der Waals surface area contributed by atoms with Crippen molar-refractivity contribution in [2.24, 2.45) is 0 Å². The maximum atomic E-state index is 12.7. The maximum Gasteiger partial charge on any atom is 0.0377 e. The SMILES string of the molecule is CC(CCC(c1ccccc1)c1cc(Br)ccc1N)S(=O)C(C)(C)C. The lowest BCUT2D eigenvalue weighted by Crippen LogP contribution is -2.30. The van der Waals surface area contributed by atoms with Gasteiger partial charge < -0.3 is 5.73 Å². The van der Waals surface area contributed by atoms with Crippen molar-refractivity contribution in [1.29, 1.82) is 0 Å². The van der Waals surface area contributed by atoms with Crippen molar-refractivity contribution in [1.82, 2.24) is 0 Å². The van der Waals surface area contributed by atoms with E-state index in [0.29, 0.717) is 0 Å². The highest BCUT2D eigenvalue weighted by Crippen LogP contribution is 2.35. The van der Waals surface area contributed by atoms with E-state index >= 15 is 0 Å². The van der Waals surface area contributed by atoms with Gasteiger partial charge in [0.15, 0.2) is 0 Å². The van der Waals surface area contributed by atoms with E-state index in [0.717, 1.165) is 28.6 Å². The number of rotatable bonds is 6. The van der Waals surface area contributed by atoms with Crippen LogP contribution >= 0.6 is 15.9 Å². The van der Waals surface area contributed by atoms with Crippen LogP contribution in [-0.2, 0) is 10.8 Å². The summed E-state index contributed by atoms with van der Waals surface area (Å²) in [5.41, 5.74) is 9.47. The molecule has 0 heterocycles. The van der Waals surface area contributed by atoms with Crippen LogP contribution in [0.4, 0.5) is 5.69 Å². The van der Waals surface area contributed by atoms with Crippen LogP contribution in [0.25, 0.3) is 0 Å². The first-order chi connectivity index (χ1) is 11.7. The molecule has 0 aliphatic heterocycles. The van der Waals surface area contributed by atoms with E-state index in [1.165, 1.54) is 5.56 Å². The van der Waals surface area contributed by atoms with Gasteiger partial charge in [-0.3, -0.25) is 4.21 Å². The minimum absolute atomic E-state index is 0.152. The first-order valence-electron chi connectivity index (χ1n) is 8.70. The summed E-state index contributed by atoms with van der Waals surface area (Å²) >= 11 is 3.56. The van der Waals surface area contributed by atoms with Crippen molar-refractivity contribution in [2.75, 3.05) is 5.73 Å². The zero-order valence-electron chi connectivity index (χ0n) is 15.5. The van der Waals surface area contributed by atoms with Crippen molar-refractivity contribution >= 4 is 32.4 Å². The number of benzene rings is 2. The minimum atomic E-state index is -0.862. The van der Waals surface area contributed by atoms with Crippen molar-refractivity contribution < 1.29 is 4.21 Å². The minimum Gasteiger partial charge on any atom is -0.398 e. The van der Waals surface area contributed by atoms with E-state index in [9.17, 15) is 4.21 Å². The number of hydrogen-bond donors (Lipinski definition) is 1. The topological polar surface area (TPSA) is 43.1 Å². The Morgan fingerprint density at radius 2 is 1.72 bits per heavy atom. The average Bonchev–Trinajstić information content (AvgIpc) is 2.57. The lowest BCUT2D eigenvalue weighted by Gasteiger charge is -2.26. The third-order valence-electron chi connectivity index (χ3n) is 4.46. The van der Waals surface area contributed by atoms with Crippen molar-refractivity contribution in [3.63, 3.8) is 0 Å². The summed E-state index contributed by atoms with van der Waals surface area (Å²) < 4.78 is 13.5. The molecule has 0 aliphatic rings. The summed E-state index contributed by atoms with van der Waals surface area (Å²) in [4.78, 5) is 0. The molecule has 25 heavy (non-hydrogen) atoms. The zero-order valence-corrected chi connectivity index (χ0v) is 17.9. The van der Waals surface area contributed by atoms with Gasteiger partial charge in [-0.15, -0.1) is 0 Å². The van der Waals surface area contributed by atoms with Crippen LogP contribution in [0.5, 0.6) is 0 Å². The summed E-state index contributed by atoms with van der Waals surface area (Å²) in [6.45, 7) is 8.22. The number of nitrogens with two attached hydrogens (primary N) is 1. The molecule has 0 bridgehead atoms. The average molecular weight is 422 g/mol. The summed E-state index contributed by atoms with van der Waals surface area (Å²) in [5, 5.41) is 0.152. The molecule has 0 saturated carbocycles. The van der Waals surface area contributed by atoms with E-state index in [-0.39, 0.29) is 15.9 Å². The molecule has 2 nitrogen and oxygen atoms in total. The number of nitrogen functional groups attached to an aromatic ring is 1. The number of anilines is 1. The predicted octanol–water partition coefficient (Wildman–Crippen LogP) is 5.88. The fourth-order valence-electron chi connectivity index (χ4n) is 3.15. The molecule has 2 N–H and O–H groups in total. The van der Waals surface area contributed by atoms with E-state index < -0.39 is 10.8 Å². The molecule has 2 aromatic carbocycles. The molecular formula is C21H28BrNOS. The van der Waals surface area contributed by atoms with E-state index in [4.69, 9.17) is 5.73 Å². The lowest BCUT2D eigenvalue weighted by molar-refractivity contribution is 0.607. The molecule has 4 heteroatoms. The van der Waals surface area contributed by atoms with Crippen LogP contribution in [0.15, 0.2) is 53.0 Å². The van der Waals surface area contributed by atoms with Crippen LogP contribution in [0.1, 0.15) is 57.6 Å². The smallest absolute Gasteiger partial charge is 0.0377 e. The summed E-state index contributed by atoms with van der Waals surface area (Å²) in [7, 11) is -0.862. The molecule has 0 radical (unpaired) electrons. The van der Waals surface area contributed by atoms with Gasteiger partial charge in [-0.2, -0.15) is 0 Å². The van der Waals surface area contributed by atoms with Gasteiger partial charge in [-0.25, -0.2) is 0 Å². The van der Waals surface area contributed by atoms with Gasteiger partial charge >= 0.3 is 0 Å². The Morgan fingerprint density at radius 1 is 1.08 bits per heavy atom. The predicted molar refractivity (Wildman–Crippen MR) is 113 cm³/mol. The second-order valence-corrected chi connectivity index (χ2v) is 11.1. The Morgan fingerprint density at radius 3 is 2.32 bits per heavy atom. The Labute approximate surface area is 162 Å². The largest absolute Gasteiger partial charge is 0.398 e. The summed E-state index contributed by atoms with van der Waals surface area (Å²) in [5.74, 6) is 0.207. The van der Waals surface area contributed by atoms with Crippen molar-refractivity contribution in [3.05, 3.63) is 64.1 Å². The standard InChI is InChI=1S/C21H28BrNOS/c1-15(25(24)21(2,3)4)10-12-18(16-8-6-5-7-9-16)19-14-17(22)11-13-20(19)23/h5-9,11,13-15,18H,10,12,23H2,1-4H3. The van der Waals surface area contributed by atoms with Crippen LogP contribution in [0.2, 0.25) is 0 Å². The molecule has 0 amide bonds. The third kappa shape index (κ3) is 5.42.